The molecule has 1 aliphatic heterocycles. The van der Waals surface area contributed by atoms with Crippen LogP contribution < -0.4 is 5.32 Å². The van der Waals surface area contributed by atoms with Gasteiger partial charge in [0.25, 0.3) is 0 Å². The van der Waals surface area contributed by atoms with Crippen LogP contribution in [0.4, 0.5) is 0 Å². The van der Waals surface area contributed by atoms with Gasteiger partial charge in [0.15, 0.2) is 0 Å². The number of carbonyl (C=O) groups excluding carboxylic acids is 1. The van der Waals surface area contributed by atoms with E-state index in [2.05, 4.69) is 19.2 Å². The Kier molecular flexibility index (Phi) is 1.29. The zero-order valence-electron chi connectivity index (χ0n) is 7.18. The topological polar surface area (TPSA) is 29.1 Å². The average molecular weight is 153 g/mol. The quantitative estimate of drug-likeness (QED) is 0.604. The van der Waals surface area contributed by atoms with Crippen LogP contribution in [0.25, 0.3) is 0 Å². The van der Waals surface area contributed by atoms with Gasteiger partial charge >= 0.3 is 0 Å². The number of hydrogen-bond donors (Lipinski definition) is 1. The molecule has 1 aliphatic carbocycles. The molecule has 1 heterocycles. The number of rotatable bonds is 1. The smallest absolute Gasteiger partial charge is 0.220 e. The maximum atomic E-state index is 11.1. The Hall–Kier alpha value is -0.530. The third-order valence-corrected chi connectivity index (χ3v) is 2.87. The van der Waals surface area contributed by atoms with Crippen LogP contribution in [0.5, 0.6) is 0 Å². The summed E-state index contributed by atoms with van der Waals surface area (Å²) in [6.07, 6.45) is 3.34. The highest BCUT2D eigenvalue weighted by Crippen LogP contribution is 2.44. The van der Waals surface area contributed by atoms with Crippen LogP contribution in [0, 0.1) is 11.3 Å². The minimum Gasteiger partial charge on any atom is -0.353 e. The Labute approximate surface area is 67.4 Å². The van der Waals surface area contributed by atoms with Gasteiger partial charge in [0.1, 0.15) is 0 Å². The van der Waals surface area contributed by atoms with Crippen molar-refractivity contribution < 1.29 is 4.79 Å². The Morgan fingerprint density at radius 2 is 2.09 bits per heavy atom. The Morgan fingerprint density at radius 3 is 2.45 bits per heavy atom. The third-order valence-electron chi connectivity index (χ3n) is 2.87. The molecule has 0 aromatic heterocycles. The van der Waals surface area contributed by atoms with E-state index >= 15 is 0 Å². The first-order valence-corrected chi connectivity index (χ1v) is 4.39. The molecule has 1 saturated heterocycles. The molecule has 1 amide bonds. The lowest BCUT2D eigenvalue weighted by molar-refractivity contribution is -0.119. The second kappa shape index (κ2) is 1.99. The summed E-state index contributed by atoms with van der Waals surface area (Å²) in [7, 11) is 0. The molecule has 2 aliphatic rings. The van der Waals surface area contributed by atoms with Gasteiger partial charge in [0, 0.05) is 12.5 Å². The third kappa shape index (κ3) is 1.15. The van der Waals surface area contributed by atoms with Crippen molar-refractivity contribution in [2.45, 2.75) is 39.2 Å². The van der Waals surface area contributed by atoms with Gasteiger partial charge in [-0.15, -0.1) is 0 Å². The monoisotopic (exact) mass is 153 g/mol. The van der Waals surface area contributed by atoms with E-state index in [0.29, 0.717) is 12.5 Å². The minimum absolute atomic E-state index is 0.207. The number of amides is 1. The average Bonchev–Trinajstić information content (AvgIpc) is 2.59. The molecule has 2 heteroatoms. The maximum Gasteiger partial charge on any atom is 0.220 e. The lowest BCUT2D eigenvalue weighted by Gasteiger charge is -2.24. The van der Waals surface area contributed by atoms with Crippen molar-refractivity contribution in [1.82, 2.24) is 5.32 Å². The summed E-state index contributed by atoms with van der Waals surface area (Å²) in [5.74, 6) is 1.03. The van der Waals surface area contributed by atoms with Gasteiger partial charge in [-0.3, -0.25) is 4.79 Å². The summed E-state index contributed by atoms with van der Waals surface area (Å²) in [5.41, 5.74) is 0.207. The van der Waals surface area contributed by atoms with Crippen LogP contribution in [0.2, 0.25) is 0 Å². The lowest BCUT2D eigenvalue weighted by Crippen LogP contribution is -2.35. The molecule has 2 rings (SSSR count). The van der Waals surface area contributed by atoms with Crippen molar-refractivity contribution in [3.63, 3.8) is 0 Å². The highest BCUT2D eigenvalue weighted by atomic mass is 16.2. The van der Waals surface area contributed by atoms with Gasteiger partial charge in [-0.2, -0.15) is 0 Å². The largest absolute Gasteiger partial charge is 0.353 e. The predicted octanol–water partition coefficient (Wildman–Crippen LogP) is 1.31. The number of carbonyl (C=O) groups is 1. The molecular weight excluding hydrogens is 138 g/mol. The highest BCUT2D eigenvalue weighted by Gasteiger charge is 2.47. The number of nitrogens with one attached hydrogen (secondary N) is 1. The second-order valence-electron chi connectivity index (χ2n) is 4.55. The Balaban J connectivity index is 2.13. The highest BCUT2D eigenvalue weighted by molar-refractivity contribution is 5.79. The minimum atomic E-state index is 0.207. The van der Waals surface area contributed by atoms with Crippen molar-refractivity contribution in [2.24, 2.45) is 11.3 Å². The van der Waals surface area contributed by atoms with Gasteiger partial charge in [0.2, 0.25) is 5.91 Å². The molecular formula is C9H15NO. The van der Waals surface area contributed by atoms with Crippen LogP contribution >= 0.6 is 0 Å². The Morgan fingerprint density at radius 1 is 1.45 bits per heavy atom. The van der Waals surface area contributed by atoms with Crippen LogP contribution in [0.3, 0.4) is 0 Å². The molecule has 0 bridgehead atoms. The standard InChI is InChI=1S/C9H15NO/c1-9(2)5-7(11)10-8(9)6-3-4-6/h6,8H,3-5H2,1-2H3,(H,10,11). The SMILES string of the molecule is CC1(C)CC(=O)NC1C1CC1. The number of hydrogen-bond acceptors (Lipinski definition) is 1. The lowest BCUT2D eigenvalue weighted by atomic mass is 9.82. The molecule has 2 fully saturated rings. The fourth-order valence-electron chi connectivity index (χ4n) is 2.13. The van der Waals surface area contributed by atoms with Gasteiger partial charge < -0.3 is 5.32 Å². The molecule has 1 atom stereocenters. The van der Waals surface area contributed by atoms with E-state index in [9.17, 15) is 4.79 Å². The van der Waals surface area contributed by atoms with Gasteiger partial charge in [-0.05, 0) is 24.2 Å². The summed E-state index contributed by atoms with van der Waals surface area (Å²) in [6, 6.07) is 0.468. The van der Waals surface area contributed by atoms with Gasteiger partial charge in [0.05, 0.1) is 0 Å². The van der Waals surface area contributed by atoms with E-state index in [4.69, 9.17) is 0 Å². The molecule has 1 N–H and O–H groups in total. The molecule has 1 unspecified atom stereocenters. The van der Waals surface area contributed by atoms with E-state index in [1.54, 1.807) is 0 Å². The molecule has 0 radical (unpaired) electrons. The fourth-order valence-corrected chi connectivity index (χ4v) is 2.13. The summed E-state index contributed by atoms with van der Waals surface area (Å²) in [5, 5.41) is 3.07. The predicted molar refractivity (Wildman–Crippen MR) is 43.1 cm³/mol. The summed E-state index contributed by atoms with van der Waals surface area (Å²) in [4.78, 5) is 11.1. The van der Waals surface area contributed by atoms with E-state index < -0.39 is 0 Å². The van der Waals surface area contributed by atoms with Gasteiger partial charge in [-0.1, -0.05) is 13.8 Å². The van der Waals surface area contributed by atoms with Crippen molar-refractivity contribution in [1.29, 1.82) is 0 Å². The first-order valence-electron chi connectivity index (χ1n) is 4.39. The molecule has 1 saturated carbocycles. The van der Waals surface area contributed by atoms with E-state index in [1.807, 2.05) is 0 Å². The molecule has 62 valence electrons. The summed E-state index contributed by atoms with van der Waals surface area (Å²) in [6.45, 7) is 4.38. The van der Waals surface area contributed by atoms with Crippen LogP contribution in [0.1, 0.15) is 33.1 Å². The van der Waals surface area contributed by atoms with Crippen LogP contribution in [-0.2, 0) is 4.79 Å². The molecule has 2 nitrogen and oxygen atoms in total. The van der Waals surface area contributed by atoms with Crippen molar-refractivity contribution in [3.05, 3.63) is 0 Å². The molecule has 0 spiro atoms. The Bertz CT molecular complexity index is 194. The molecule has 11 heavy (non-hydrogen) atoms. The zero-order valence-corrected chi connectivity index (χ0v) is 7.18. The molecule has 0 aromatic carbocycles. The first kappa shape index (κ1) is 7.14. The molecule has 0 aromatic rings. The van der Waals surface area contributed by atoms with E-state index in [-0.39, 0.29) is 11.3 Å². The maximum absolute atomic E-state index is 11.1. The first-order chi connectivity index (χ1) is 5.09. The fraction of sp³-hybridized carbons (Fsp3) is 0.889. The second-order valence-corrected chi connectivity index (χ2v) is 4.55. The van der Waals surface area contributed by atoms with Crippen molar-refractivity contribution >= 4 is 5.91 Å². The summed E-state index contributed by atoms with van der Waals surface area (Å²) < 4.78 is 0. The van der Waals surface area contributed by atoms with Crippen LogP contribution in [-0.4, -0.2) is 11.9 Å². The van der Waals surface area contributed by atoms with Crippen LogP contribution in [0.15, 0.2) is 0 Å². The van der Waals surface area contributed by atoms with Crippen molar-refractivity contribution in [3.8, 4) is 0 Å². The normalized spacial score (nSPS) is 35.5. The van der Waals surface area contributed by atoms with E-state index in [1.165, 1.54) is 12.8 Å². The van der Waals surface area contributed by atoms with Crippen molar-refractivity contribution in [2.75, 3.05) is 0 Å². The zero-order chi connectivity index (χ0) is 8.06. The van der Waals surface area contributed by atoms with E-state index in [0.717, 1.165) is 5.92 Å². The summed E-state index contributed by atoms with van der Waals surface area (Å²) >= 11 is 0. The van der Waals surface area contributed by atoms with Gasteiger partial charge in [-0.25, -0.2) is 0 Å².